The highest BCUT2D eigenvalue weighted by atomic mass is 35.5. The van der Waals surface area contributed by atoms with Gasteiger partial charge < -0.3 is 4.74 Å². The van der Waals surface area contributed by atoms with Crippen molar-refractivity contribution in [2.45, 2.75) is 25.7 Å². The Morgan fingerprint density at radius 3 is 2.10 bits per heavy atom. The van der Waals surface area contributed by atoms with E-state index >= 15 is 0 Å². The van der Waals surface area contributed by atoms with E-state index in [0.29, 0.717) is 12.5 Å². The Morgan fingerprint density at radius 2 is 1.40 bits per heavy atom. The van der Waals surface area contributed by atoms with E-state index in [1.807, 2.05) is 0 Å². The van der Waals surface area contributed by atoms with Gasteiger partial charge in [0.15, 0.2) is 0 Å². The molecule has 0 spiro atoms. The van der Waals surface area contributed by atoms with E-state index in [1.54, 1.807) is 0 Å². The van der Waals surface area contributed by atoms with Gasteiger partial charge in [0.2, 0.25) is 0 Å². The number of halogens is 1. The van der Waals surface area contributed by atoms with Gasteiger partial charge in [0.1, 0.15) is 12.4 Å². The summed E-state index contributed by atoms with van der Waals surface area (Å²) in [5.41, 5.74) is 5.41. The molecule has 4 aliphatic rings. The molecule has 6 rings (SSSR count). The smallest absolute Gasteiger partial charge is 0.122 e. The number of alkyl halides is 1. The lowest BCUT2D eigenvalue weighted by atomic mass is 9.96. The topological polar surface area (TPSA) is 9.23 Å². The molecule has 2 aromatic rings. The van der Waals surface area contributed by atoms with Crippen LogP contribution in [0.2, 0.25) is 0 Å². The van der Waals surface area contributed by atoms with Crippen molar-refractivity contribution in [2.24, 2.45) is 0 Å². The Morgan fingerprint density at radius 1 is 0.800 bits per heavy atom. The number of hydrogen-bond donors (Lipinski definition) is 0. The van der Waals surface area contributed by atoms with E-state index in [2.05, 4.69) is 42.5 Å². The maximum atomic E-state index is 5.82. The first-order valence-electron chi connectivity index (χ1n) is 7.23. The van der Waals surface area contributed by atoms with E-state index in [0.717, 1.165) is 31.4 Å². The van der Waals surface area contributed by atoms with Gasteiger partial charge in [-0.1, -0.05) is 36.4 Å². The normalized spacial score (nSPS) is 13.8. The fourth-order valence-corrected chi connectivity index (χ4v) is 2.76. The Bertz CT molecular complexity index is 574. The largest absolute Gasteiger partial charge is 0.492 e. The summed E-state index contributed by atoms with van der Waals surface area (Å²) in [4.78, 5) is 0. The molecule has 4 aliphatic carbocycles. The van der Waals surface area contributed by atoms with Crippen LogP contribution in [0.1, 0.15) is 22.3 Å². The second kappa shape index (κ2) is 6.32. The molecule has 0 atom stereocenters. The second-order valence-corrected chi connectivity index (χ2v) is 5.67. The molecule has 0 unspecified atom stereocenters. The zero-order valence-corrected chi connectivity index (χ0v) is 12.3. The van der Waals surface area contributed by atoms with Crippen LogP contribution in [0.5, 0.6) is 5.75 Å². The van der Waals surface area contributed by atoms with Gasteiger partial charge in [-0.15, -0.1) is 11.6 Å². The Labute approximate surface area is 125 Å². The maximum Gasteiger partial charge on any atom is 0.122 e. The van der Waals surface area contributed by atoms with Gasteiger partial charge in [-0.2, -0.15) is 0 Å². The lowest BCUT2D eigenvalue weighted by Gasteiger charge is -2.14. The molecule has 0 amide bonds. The molecule has 2 heteroatoms. The monoisotopic (exact) mass is 286 g/mol. The Balaban J connectivity index is 1.91. The Kier molecular flexibility index (Phi) is 4.27. The predicted molar refractivity (Wildman–Crippen MR) is 83.9 cm³/mol. The molecule has 0 fully saturated rings. The third-order valence-electron chi connectivity index (χ3n) is 3.87. The molecule has 0 saturated carbocycles. The summed E-state index contributed by atoms with van der Waals surface area (Å²) < 4.78 is 5.82. The van der Waals surface area contributed by atoms with Gasteiger partial charge in [-0.3, -0.25) is 0 Å². The molecule has 20 heavy (non-hydrogen) atoms. The van der Waals surface area contributed by atoms with E-state index < -0.39 is 0 Å². The molecule has 0 saturated heterocycles. The van der Waals surface area contributed by atoms with Crippen molar-refractivity contribution in [1.29, 1.82) is 0 Å². The van der Waals surface area contributed by atoms with Crippen molar-refractivity contribution in [3.8, 4) is 5.75 Å². The van der Waals surface area contributed by atoms with Crippen molar-refractivity contribution >= 4 is 11.6 Å². The van der Waals surface area contributed by atoms with Crippen LogP contribution in [0.25, 0.3) is 0 Å². The van der Waals surface area contributed by atoms with Crippen LogP contribution >= 0.6 is 11.6 Å². The number of aryl methyl sites for hydroxylation is 4. The van der Waals surface area contributed by atoms with Crippen molar-refractivity contribution in [3.63, 3.8) is 0 Å². The standard InChI is InChI=1S/C18H19ClO/c19-11-12-20-18-13-16-6-5-14-1-3-15(4-2-14)7-9-17(18)10-8-16/h1-4,8,10,13H,5-7,9,11-12H2. The minimum atomic E-state index is 0.532. The molecule has 0 heterocycles. The zero-order valence-electron chi connectivity index (χ0n) is 11.6. The number of benzene rings is 2. The predicted octanol–water partition coefficient (Wildman–Crippen LogP) is 4.19. The second-order valence-electron chi connectivity index (χ2n) is 5.30. The van der Waals surface area contributed by atoms with E-state index in [9.17, 15) is 0 Å². The highest BCUT2D eigenvalue weighted by Crippen LogP contribution is 2.24. The summed E-state index contributed by atoms with van der Waals surface area (Å²) >= 11 is 5.74. The van der Waals surface area contributed by atoms with Crippen LogP contribution in [0.3, 0.4) is 0 Å². The van der Waals surface area contributed by atoms with Gasteiger partial charge >= 0.3 is 0 Å². The lowest BCUT2D eigenvalue weighted by molar-refractivity contribution is 0.338. The quantitative estimate of drug-likeness (QED) is 0.769. The molecule has 0 N–H and O–H groups in total. The number of rotatable bonds is 3. The van der Waals surface area contributed by atoms with Crippen LogP contribution < -0.4 is 4.74 Å². The molecule has 2 aromatic carbocycles. The Hall–Kier alpha value is -1.47. The van der Waals surface area contributed by atoms with E-state index in [4.69, 9.17) is 16.3 Å². The van der Waals surface area contributed by atoms with Gasteiger partial charge in [0, 0.05) is 0 Å². The van der Waals surface area contributed by atoms with Crippen LogP contribution in [-0.4, -0.2) is 12.5 Å². The van der Waals surface area contributed by atoms with Crippen LogP contribution in [-0.2, 0) is 25.7 Å². The SMILES string of the molecule is ClCCOc1cc2ccc1CCc1ccc(cc1)CC2. The average Bonchev–Trinajstić information content (AvgIpc) is 2.48. The third kappa shape index (κ3) is 3.16. The number of ether oxygens (including phenoxy) is 1. The van der Waals surface area contributed by atoms with Gasteiger partial charge in [-0.25, -0.2) is 0 Å². The van der Waals surface area contributed by atoms with Crippen molar-refractivity contribution in [3.05, 3.63) is 64.7 Å². The van der Waals surface area contributed by atoms with Gasteiger partial charge in [-0.05, 0) is 54.0 Å². The number of hydrogen-bond acceptors (Lipinski definition) is 1. The molecule has 0 aromatic heterocycles. The molecule has 4 bridgehead atoms. The molecule has 1 nitrogen and oxygen atoms in total. The maximum absolute atomic E-state index is 5.82. The summed E-state index contributed by atoms with van der Waals surface area (Å²) in [6, 6.07) is 15.7. The van der Waals surface area contributed by atoms with Crippen LogP contribution in [0.4, 0.5) is 0 Å². The highest BCUT2D eigenvalue weighted by molar-refractivity contribution is 6.18. The minimum Gasteiger partial charge on any atom is -0.492 e. The van der Waals surface area contributed by atoms with E-state index in [-0.39, 0.29) is 0 Å². The molecular weight excluding hydrogens is 268 g/mol. The van der Waals surface area contributed by atoms with Crippen molar-refractivity contribution in [1.82, 2.24) is 0 Å². The lowest BCUT2D eigenvalue weighted by Crippen LogP contribution is -2.04. The minimum absolute atomic E-state index is 0.532. The summed E-state index contributed by atoms with van der Waals surface area (Å²) in [7, 11) is 0. The molecular formula is C18H19ClO. The fraction of sp³-hybridized carbons (Fsp3) is 0.333. The summed E-state index contributed by atoms with van der Waals surface area (Å²) in [6.07, 6.45) is 4.19. The fourth-order valence-electron chi connectivity index (χ4n) is 2.68. The van der Waals surface area contributed by atoms with Crippen molar-refractivity contribution in [2.75, 3.05) is 12.5 Å². The first kappa shape index (κ1) is 13.5. The summed E-state index contributed by atoms with van der Waals surface area (Å²) in [5.74, 6) is 1.54. The van der Waals surface area contributed by atoms with Gasteiger partial charge in [0.25, 0.3) is 0 Å². The van der Waals surface area contributed by atoms with E-state index in [1.165, 1.54) is 22.3 Å². The highest BCUT2D eigenvalue weighted by Gasteiger charge is 2.08. The summed E-state index contributed by atoms with van der Waals surface area (Å²) in [6.45, 7) is 0.575. The molecule has 0 radical (unpaired) electrons. The van der Waals surface area contributed by atoms with Crippen LogP contribution in [0, 0.1) is 0 Å². The third-order valence-corrected chi connectivity index (χ3v) is 4.03. The molecule has 104 valence electrons. The van der Waals surface area contributed by atoms with Crippen molar-refractivity contribution < 1.29 is 4.74 Å². The first-order valence-corrected chi connectivity index (χ1v) is 7.77. The van der Waals surface area contributed by atoms with Crippen LogP contribution in [0.15, 0.2) is 42.5 Å². The first-order chi connectivity index (χ1) is 9.85. The zero-order chi connectivity index (χ0) is 13.8. The molecule has 0 aliphatic heterocycles. The summed E-state index contributed by atoms with van der Waals surface area (Å²) in [5, 5.41) is 0. The van der Waals surface area contributed by atoms with Gasteiger partial charge in [0.05, 0.1) is 5.88 Å². The average molecular weight is 287 g/mol.